The van der Waals surface area contributed by atoms with Gasteiger partial charge in [0.1, 0.15) is 24.2 Å². The van der Waals surface area contributed by atoms with Crippen molar-refractivity contribution in [3.63, 3.8) is 0 Å². The molecule has 3 aromatic rings. The maximum absolute atomic E-state index is 13.0. The smallest absolute Gasteiger partial charge is 0.409 e. The molecule has 1 N–H and O–H groups in total. The Balaban J connectivity index is 1.71. The van der Waals surface area contributed by atoms with E-state index in [1.807, 2.05) is 97.9 Å². The molecule has 3 aromatic carbocycles. The number of hydrogen-bond donors (Lipinski definition) is 1. The van der Waals surface area contributed by atoms with E-state index in [1.165, 1.54) is 7.11 Å². The molecular formula is C29H30N2O5. The zero-order valence-electron chi connectivity index (χ0n) is 20.6. The molecular weight excluding hydrogens is 456 g/mol. The quantitative estimate of drug-likeness (QED) is 0.460. The predicted molar refractivity (Wildman–Crippen MR) is 137 cm³/mol. The molecule has 7 heteroatoms. The molecule has 0 saturated heterocycles. The molecule has 0 unspecified atom stereocenters. The second-order valence-corrected chi connectivity index (χ2v) is 8.56. The van der Waals surface area contributed by atoms with Gasteiger partial charge >= 0.3 is 12.1 Å². The highest BCUT2D eigenvalue weighted by Gasteiger charge is 2.41. The third-order valence-electron chi connectivity index (χ3n) is 6.35. The number of ether oxygens (including phenoxy) is 3. The molecule has 3 atom stereocenters. The van der Waals surface area contributed by atoms with Crippen molar-refractivity contribution in [2.24, 2.45) is 5.92 Å². The van der Waals surface area contributed by atoms with Gasteiger partial charge in [0.2, 0.25) is 0 Å². The van der Waals surface area contributed by atoms with E-state index in [-0.39, 0.29) is 18.4 Å². The number of allylic oxidation sites excluding steroid dienone is 1. The number of carbonyl (C=O) groups excluding carboxylic acids is 2. The van der Waals surface area contributed by atoms with Crippen molar-refractivity contribution in [1.29, 1.82) is 0 Å². The highest BCUT2D eigenvalue weighted by Crippen LogP contribution is 2.40. The van der Waals surface area contributed by atoms with Gasteiger partial charge in [-0.2, -0.15) is 0 Å². The standard InChI is InChI=1S/C29H30N2O5/c1-20-25(22-12-8-5-9-13-22)18-26(28(32)35-3)31(23-14-16-24(34-2)17-15-23)27(20)30-29(33)36-19-21-10-6-4-7-11-21/h4-18,20,25,27H,19H2,1-3H3,(H,30,33)/t20-,25+,27-/m1/s1. The first kappa shape index (κ1) is 24.9. The lowest BCUT2D eigenvalue weighted by Crippen LogP contribution is -2.56. The molecule has 36 heavy (non-hydrogen) atoms. The van der Waals surface area contributed by atoms with Gasteiger partial charge < -0.3 is 24.4 Å². The minimum Gasteiger partial charge on any atom is -0.497 e. The zero-order valence-corrected chi connectivity index (χ0v) is 20.6. The molecule has 0 aromatic heterocycles. The maximum atomic E-state index is 13.0. The van der Waals surface area contributed by atoms with Gasteiger partial charge in [0.05, 0.1) is 14.2 Å². The summed E-state index contributed by atoms with van der Waals surface area (Å²) in [7, 11) is 2.94. The van der Waals surface area contributed by atoms with Crippen LogP contribution in [0, 0.1) is 5.92 Å². The number of carbonyl (C=O) groups is 2. The van der Waals surface area contributed by atoms with Crippen molar-refractivity contribution in [2.45, 2.75) is 25.6 Å². The van der Waals surface area contributed by atoms with Gasteiger partial charge in [0, 0.05) is 17.5 Å². The third-order valence-corrected chi connectivity index (χ3v) is 6.35. The van der Waals surface area contributed by atoms with Crippen LogP contribution in [0.4, 0.5) is 10.5 Å². The normalized spacial score (nSPS) is 19.1. The first-order valence-electron chi connectivity index (χ1n) is 11.8. The molecule has 1 aliphatic heterocycles. The first-order valence-corrected chi connectivity index (χ1v) is 11.8. The van der Waals surface area contributed by atoms with Crippen LogP contribution in [-0.4, -0.2) is 32.4 Å². The summed E-state index contributed by atoms with van der Waals surface area (Å²) in [6.45, 7) is 2.18. The van der Waals surface area contributed by atoms with E-state index in [0.717, 1.165) is 11.1 Å². The number of nitrogens with zero attached hydrogens (tertiary/aromatic N) is 1. The lowest BCUT2D eigenvalue weighted by atomic mass is 9.81. The fraction of sp³-hybridized carbons (Fsp3) is 0.241. The molecule has 0 radical (unpaired) electrons. The van der Waals surface area contributed by atoms with E-state index in [1.54, 1.807) is 12.0 Å². The van der Waals surface area contributed by atoms with Crippen LogP contribution in [0.5, 0.6) is 5.75 Å². The number of anilines is 1. The summed E-state index contributed by atoms with van der Waals surface area (Å²) in [6.07, 6.45) is 0.738. The SMILES string of the molecule is COC(=O)C1=C[C@H](c2ccccc2)[C@@H](C)[C@H](NC(=O)OCc2ccccc2)N1c1ccc(OC)cc1. The van der Waals surface area contributed by atoms with Crippen LogP contribution in [0.1, 0.15) is 24.0 Å². The minimum atomic E-state index is -0.592. The lowest BCUT2D eigenvalue weighted by molar-refractivity contribution is -0.136. The highest BCUT2D eigenvalue weighted by atomic mass is 16.5. The highest BCUT2D eigenvalue weighted by molar-refractivity contribution is 5.94. The van der Waals surface area contributed by atoms with Crippen LogP contribution < -0.4 is 15.0 Å². The monoisotopic (exact) mass is 486 g/mol. The van der Waals surface area contributed by atoms with Gasteiger partial charge in [0.25, 0.3) is 0 Å². The van der Waals surface area contributed by atoms with E-state index in [4.69, 9.17) is 14.2 Å². The van der Waals surface area contributed by atoms with Crippen LogP contribution in [0.25, 0.3) is 0 Å². The van der Waals surface area contributed by atoms with E-state index in [9.17, 15) is 9.59 Å². The van der Waals surface area contributed by atoms with Crippen molar-refractivity contribution in [2.75, 3.05) is 19.1 Å². The summed E-state index contributed by atoms with van der Waals surface area (Å²) >= 11 is 0. The molecule has 1 aliphatic rings. The first-order chi connectivity index (χ1) is 17.5. The van der Waals surface area contributed by atoms with Gasteiger partial charge in [-0.15, -0.1) is 0 Å². The number of benzene rings is 3. The van der Waals surface area contributed by atoms with Crippen LogP contribution >= 0.6 is 0 Å². The second kappa shape index (κ2) is 11.4. The number of esters is 1. The molecule has 1 amide bonds. The lowest BCUT2D eigenvalue weighted by Gasteiger charge is -2.44. The molecule has 0 spiro atoms. The Morgan fingerprint density at radius 1 is 0.889 bits per heavy atom. The van der Waals surface area contributed by atoms with Gasteiger partial charge in [-0.05, 0) is 41.5 Å². The molecule has 1 heterocycles. The predicted octanol–water partition coefficient (Wildman–Crippen LogP) is 5.24. The topological polar surface area (TPSA) is 77.1 Å². The third kappa shape index (κ3) is 5.51. The fourth-order valence-corrected chi connectivity index (χ4v) is 4.45. The van der Waals surface area contributed by atoms with Gasteiger partial charge in [-0.1, -0.05) is 67.6 Å². The average Bonchev–Trinajstić information content (AvgIpc) is 2.93. The number of alkyl carbamates (subject to hydrolysis) is 1. The average molecular weight is 487 g/mol. The fourth-order valence-electron chi connectivity index (χ4n) is 4.45. The van der Waals surface area contributed by atoms with Gasteiger partial charge in [-0.25, -0.2) is 9.59 Å². The van der Waals surface area contributed by atoms with Gasteiger partial charge in [-0.3, -0.25) is 0 Å². The van der Waals surface area contributed by atoms with Gasteiger partial charge in [0.15, 0.2) is 0 Å². The number of methoxy groups -OCH3 is 2. The zero-order chi connectivity index (χ0) is 25.5. The summed E-state index contributed by atoms with van der Waals surface area (Å²) < 4.78 is 16.0. The molecule has 186 valence electrons. The molecule has 0 fully saturated rings. The Labute approximate surface area is 211 Å². The largest absolute Gasteiger partial charge is 0.497 e. The van der Waals surface area contributed by atoms with E-state index in [0.29, 0.717) is 17.1 Å². The van der Waals surface area contributed by atoms with Crippen molar-refractivity contribution < 1.29 is 23.8 Å². The Morgan fingerprint density at radius 3 is 2.14 bits per heavy atom. The van der Waals surface area contributed by atoms with Crippen molar-refractivity contribution in [3.05, 3.63) is 108 Å². The maximum Gasteiger partial charge on any atom is 0.409 e. The Bertz CT molecular complexity index is 1200. The Kier molecular flexibility index (Phi) is 7.90. The summed E-state index contributed by atoms with van der Waals surface area (Å²) in [5.41, 5.74) is 2.96. The van der Waals surface area contributed by atoms with Crippen molar-refractivity contribution in [3.8, 4) is 5.75 Å². The number of rotatable bonds is 7. The van der Waals surface area contributed by atoms with Crippen molar-refractivity contribution in [1.82, 2.24) is 5.32 Å². The van der Waals surface area contributed by atoms with E-state index < -0.39 is 18.2 Å². The minimum absolute atomic E-state index is 0.118. The number of amides is 1. The van der Waals surface area contributed by atoms with Crippen LogP contribution in [0.15, 0.2) is 96.7 Å². The van der Waals surface area contributed by atoms with Crippen molar-refractivity contribution >= 4 is 17.7 Å². The van der Waals surface area contributed by atoms with Crippen LogP contribution in [-0.2, 0) is 20.9 Å². The summed E-state index contributed by atoms with van der Waals surface area (Å²) in [6, 6.07) is 26.7. The summed E-state index contributed by atoms with van der Waals surface area (Å²) in [5.74, 6) is -0.0779. The molecule has 4 rings (SSSR count). The summed E-state index contributed by atoms with van der Waals surface area (Å²) in [4.78, 5) is 27.8. The Hall–Kier alpha value is -4.26. The molecule has 7 nitrogen and oxygen atoms in total. The molecule has 0 aliphatic carbocycles. The van der Waals surface area contributed by atoms with E-state index in [2.05, 4.69) is 5.32 Å². The second-order valence-electron chi connectivity index (χ2n) is 8.56. The van der Waals surface area contributed by atoms with Crippen LogP contribution in [0.2, 0.25) is 0 Å². The molecule has 0 bridgehead atoms. The number of nitrogens with one attached hydrogen (secondary N) is 1. The van der Waals surface area contributed by atoms with E-state index >= 15 is 0 Å². The number of hydrogen-bond acceptors (Lipinski definition) is 6. The summed E-state index contributed by atoms with van der Waals surface area (Å²) in [5, 5.41) is 3.01. The van der Waals surface area contributed by atoms with Crippen LogP contribution in [0.3, 0.4) is 0 Å². The molecule has 0 saturated carbocycles. The Morgan fingerprint density at radius 2 is 1.53 bits per heavy atom.